The van der Waals surface area contributed by atoms with Crippen molar-refractivity contribution >= 4 is 9.84 Å². The van der Waals surface area contributed by atoms with Crippen LogP contribution in [-0.4, -0.2) is 36.6 Å². The topological polar surface area (TPSA) is 99.1 Å². The van der Waals surface area contributed by atoms with Crippen molar-refractivity contribution in [2.75, 3.05) is 18.1 Å². The van der Waals surface area contributed by atoms with Gasteiger partial charge in [0.1, 0.15) is 9.84 Å². The van der Waals surface area contributed by atoms with Crippen molar-refractivity contribution in [3.63, 3.8) is 0 Å². The molecule has 0 atom stereocenters. The van der Waals surface area contributed by atoms with Crippen molar-refractivity contribution < 1.29 is 12.9 Å². The van der Waals surface area contributed by atoms with Gasteiger partial charge in [-0.15, -0.1) is 0 Å². The van der Waals surface area contributed by atoms with Gasteiger partial charge in [-0.2, -0.15) is 4.98 Å². The Bertz CT molecular complexity index is 469. The van der Waals surface area contributed by atoms with Crippen molar-refractivity contribution in [1.29, 1.82) is 0 Å². The molecule has 1 fully saturated rings. The maximum atomic E-state index is 11.3. The zero-order chi connectivity index (χ0) is 13.0. The molecule has 102 valence electrons. The molecule has 0 aromatic carbocycles. The van der Waals surface area contributed by atoms with E-state index in [2.05, 4.69) is 10.1 Å². The van der Waals surface area contributed by atoms with Crippen molar-refractivity contribution in [3.05, 3.63) is 11.7 Å². The summed E-state index contributed by atoms with van der Waals surface area (Å²) in [5.74, 6) is 2.24. The third kappa shape index (κ3) is 3.78. The highest BCUT2D eigenvalue weighted by Gasteiger charge is 2.24. The van der Waals surface area contributed by atoms with E-state index in [1.807, 2.05) is 0 Å². The number of aromatic nitrogens is 2. The first-order chi connectivity index (χ1) is 8.59. The molecule has 0 spiro atoms. The third-order valence-corrected chi connectivity index (χ3v) is 4.97. The van der Waals surface area contributed by atoms with Crippen LogP contribution in [0.5, 0.6) is 0 Å². The lowest BCUT2D eigenvalue weighted by atomic mass is 9.99. The summed E-state index contributed by atoms with van der Waals surface area (Å²) in [6.07, 6.45) is 3.66. The molecule has 7 heteroatoms. The van der Waals surface area contributed by atoms with Crippen LogP contribution < -0.4 is 5.73 Å². The van der Waals surface area contributed by atoms with E-state index in [1.54, 1.807) is 0 Å². The third-order valence-electron chi connectivity index (χ3n) is 3.25. The number of hydrogen-bond acceptors (Lipinski definition) is 6. The molecule has 1 aromatic heterocycles. The molecule has 0 bridgehead atoms. The van der Waals surface area contributed by atoms with Crippen LogP contribution >= 0.6 is 0 Å². The van der Waals surface area contributed by atoms with Gasteiger partial charge in [-0.25, -0.2) is 8.42 Å². The minimum Gasteiger partial charge on any atom is -0.339 e. The predicted molar refractivity (Wildman–Crippen MR) is 66.8 cm³/mol. The number of rotatable bonds is 5. The molecule has 1 aliphatic rings. The molecule has 2 rings (SSSR count). The van der Waals surface area contributed by atoms with E-state index in [9.17, 15) is 8.42 Å². The van der Waals surface area contributed by atoms with E-state index >= 15 is 0 Å². The summed E-state index contributed by atoms with van der Waals surface area (Å²) < 4.78 is 27.7. The zero-order valence-corrected chi connectivity index (χ0v) is 11.2. The first-order valence-electron chi connectivity index (χ1n) is 6.31. The molecular formula is C11H19N3O3S. The van der Waals surface area contributed by atoms with Crippen LogP contribution in [0.15, 0.2) is 4.52 Å². The molecule has 0 aliphatic carbocycles. The average Bonchev–Trinajstić information content (AvgIpc) is 2.77. The Morgan fingerprint density at radius 3 is 2.72 bits per heavy atom. The van der Waals surface area contributed by atoms with Gasteiger partial charge in [0.15, 0.2) is 5.82 Å². The minimum atomic E-state index is -2.79. The number of nitrogens with zero attached hydrogens (tertiary/aromatic N) is 2. The smallest absolute Gasteiger partial charge is 0.226 e. The average molecular weight is 273 g/mol. The summed E-state index contributed by atoms with van der Waals surface area (Å²) in [5, 5.41) is 3.92. The quantitative estimate of drug-likeness (QED) is 0.830. The van der Waals surface area contributed by atoms with Gasteiger partial charge in [0.2, 0.25) is 5.89 Å². The van der Waals surface area contributed by atoms with Crippen LogP contribution in [0.4, 0.5) is 0 Å². The second-order valence-corrected chi connectivity index (χ2v) is 7.10. The molecule has 18 heavy (non-hydrogen) atoms. The van der Waals surface area contributed by atoms with E-state index < -0.39 is 9.84 Å². The summed E-state index contributed by atoms with van der Waals surface area (Å²) in [7, 11) is -2.79. The van der Waals surface area contributed by atoms with E-state index in [0.29, 0.717) is 49.9 Å². The molecular weight excluding hydrogens is 254 g/mol. The summed E-state index contributed by atoms with van der Waals surface area (Å²) in [6, 6.07) is 0. The molecule has 0 radical (unpaired) electrons. The Balaban J connectivity index is 1.84. The maximum Gasteiger partial charge on any atom is 0.226 e. The molecule has 1 saturated heterocycles. The fourth-order valence-corrected chi connectivity index (χ4v) is 3.72. The maximum absolute atomic E-state index is 11.3. The van der Waals surface area contributed by atoms with Crippen LogP contribution in [0.3, 0.4) is 0 Å². The second-order valence-electron chi connectivity index (χ2n) is 4.80. The first kappa shape index (κ1) is 13.5. The van der Waals surface area contributed by atoms with Gasteiger partial charge >= 0.3 is 0 Å². The van der Waals surface area contributed by atoms with Crippen molar-refractivity contribution in [2.24, 2.45) is 11.7 Å². The lowest BCUT2D eigenvalue weighted by molar-refractivity contribution is 0.364. The molecule has 2 N–H and O–H groups in total. The highest BCUT2D eigenvalue weighted by atomic mass is 32.2. The predicted octanol–water partition coefficient (Wildman–Crippen LogP) is 0.328. The van der Waals surface area contributed by atoms with Crippen LogP contribution in [0.25, 0.3) is 0 Å². The fourth-order valence-electron chi connectivity index (χ4n) is 2.13. The van der Waals surface area contributed by atoms with Crippen molar-refractivity contribution in [3.8, 4) is 0 Å². The molecule has 0 saturated carbocycles. The molecule has 2 heterocycles. The highest BCUT2D eigenvalue weighted by molar-refractivity contribution is 7.91. The molecule has 6 nitrogen and oxygen atoms in total. The van der Waals surface area contributed by atoms with Gasteiger partial charge in [0, 0.05) is 12.8 Å². The van der Waals surface area contributed by atoms with Crippen LogP contribution in [-0.2, 0) is 22.7 Å². The normalized spacial score (nSPS) is 20.1. The van der Waals surface area contributed by atoms with Gasteiger partial charge in [-0.3, -0.25) is 0 Å². The van der Waals surface area contributed by atoms with Crippen molar-refractivity contribution in [2.45, 2.75) is 32.1 Å². The lowest BCUT2D eigenvalue weighted by Gasteiger charge is -2.20. The minimum absolute atomic E-state index is 0.287. The number of nitrogens with two attached hydrogens (primary N) is 1. The second kappa shape index (κ2) is 5.79. The number of sulfone groups is 1. The van der Waals surface area contributed by atoms with E-state index in [4.69, 9.17) is 10.3 Å². The molecule has 1 aliphatic heterocycles. The van der Waals surface area contributed by atoms with Gasteiger partial charge < -0.3 is 10.3 Å². The standard InChI is InChI=1S/C11H19N3O3S/c12-5-1-2-11-13-10(14-17-11)8-9-3-6-18(15,16)7-4-9/h9H,1-8,12H2. The molecule has 0 unspecified atom stereocenters. The van der Waals surface area contributed by atoms with E-state index in [1.165, 1.54) is 0 Å². The lowest BCUT2D eigenvalue weighted by Crippen LogP contribution is -2.24. The van der Waals surface area contributed by atoms with Gasteiger partial charge in [0.05, 0.1) is 11.5 Å². The highest BCUT2D eigenvalue weighted by Crippen LogP contribution is 2.21. The summed E-state index contributed by atoms with van der Waals surface area (Å²) >= 11 is 0. The van der Waals surface area contributed by atoms with E-state index in [-0.39, 0.29) is 11.5 Å². The largest absolute Gasteiger partial charge is 0.339 e. The zero-order valence-electron chi connectivity index (χ0n) is 10.3. The van der Waals surface area contributed by atoms with Crippen molar-refractivity contribution in [1.82, 2.24) is 10.1 Å². The Kier molecular flexibility index (Phi) is 4.34. The first-order valence-corrected chi connectivity index (χ1v) is 8.13. The SMILES string of the molecule is NCCCc1nc(CC2CCS(=O)(=O)CC2)no1. The number of aryl methyl sites for hydroxylation is 1. The Labute approximate surface area is 107 Å². The van der Waals surface area contributed by atoms with Crippen LogP contribution in [0, 0.1) is 5.92 Å². The van der Waals surface area contributed by atoms with Gasteiger partial charge in [-0.1, -0.05) is 5.16 Å². The Hall–Kier alpha value is -0.950. The van der Waals surface area contributed by atoms with Crippen LogP contribution in [0.1, 0.15) is 31.0 Å². The number of hydrogen-bond donors (Lipinski definition) is 1. The fraction of sp³-hybridized carbons (Fsp3) is 0.818. The van der Waals surface area contributed by atoms with Crippen LogP contribution in [0.2, 0.25) is 0 Å². The van der Waals surface area contributed by atoms with Gasteiger partial charge in [-0.05, 0) is 31.7 Å². The van der Waals surface area contributed by atoms with Gasteiger partial charge in [0.25, 0.3) is 0 Å². The van der Waals surface area contributed by atoms with E-state index in [0.717, 1.165) is 6.42 Å². The molecule has 1 aromatic rings. The Morgan fingerprint density at radius 2 is 2.06 bits per heavy atom. The monoisotopic (exact) mass is 273 g/mol. The summed E-state index contributed by atoms with van der Waals surface area (Å²) in [4.78, 5) is 4.30. The summed E-state index contributed by atoms with van der Waals surface area (Å²) in [6.45, 7) is 0.609. The summed E-state index contributed by atoms with van der Waals surface area (Å²) in [5.41, 5.74) is 5.41. The Morgan fingerprint density at radius 1 is 1.33 bits per heavy atom. The molecule has 0 amide bonds.